The van der Waals surface area contributed by atoms with Gasteiger partial charge in [0, 0.05) is 6.42 Å². The highest BCUT2D eigenvalue weighted by atomic mass is 32.2. The largest absolute Gasteiger partial charge is 0.274 e. The van der Waals surface area contributed by atoms with Gasteiger partial charge in [-0.05, 0) is 5.92 Å². The third kappa shape index (κ3) is 7.32. The summed E-state index contributed by atoms with van der Waals surface area (Å²) in [7, 11) is -3.37. The zero-order valence-corrected chi connectivity index (χ0v) is 7.73. The number of amides is 1. The molecule has 0 aromatic carbocycles. The minimum atomic E-state index is -3.37. The van der Waals surface area contributed by atoms with Gasteiger partial charge in [0.1, 0.15) is 0 Å². The van der Waals surface area contributed by atoms with E-state index in [1.807, 2.05) is 18.6 Å². The van der Waals surface area contributed by atoms with Crippen molar-refractivity contribution >= 4 is 15.9 Å². The van der Waals surface area contributed by atoms with Crippen LogP contribution in [-0.2, 0) is 14.8 Å². The smallest absolute Gasteiger partial charge is 0.233 e. The molecule has 0 aromatic heterocycles. The summed E-state index contributed by atoms with van der Waals surface area (Å²) in [4.78, 5) is 10.8. The molecule has 66 valence electrons. The van der Waals surface area contributed by atoms with Gasteiger partial charge in [-0.15, -0.1) is 0 Å². The van der Waals surface area contributed by atoms with Crippen LogP contribution in [0, 0.1) is 5.92 Å². The van der Waals surface area contributed by atoms with E-state index in [0.29, 0.717) is 0 Å². The first kappa shape index (κ1) is 10.4. The third-order valence-electron chi connectivity index (χ3n) is 0.893. The lowest BCUT2D eigenvalue weighted by molar-refractivity contribution is -0.120. The molecular formula is C6H13NO3S. The minimum Gasteiger partial charge on any atom is -0.274 e. The summed E-state index contributed by atoms with van der Waals surface area (Å²) in [6, 6.07) is 0. The molecule has 0 saturated heterocycles. The average molecular weight is 179 g/mol. The van der Waals surface area contributed by atoms with Crippen molar-refractivity contribution in [1.82, 2.24) is 4.72 Å². The number of rotatable bonds is 3. The normalized spacial score (nSPS) is 11.6. The number of hydrogen-bond acceptors (Lipinski definition) is 3. The van der Waals surface area contributed by atoms with E-state index in [1.165, 1.54) is 0 Å². The van der Waals surface area contributed by atoms with Gasteiger partial charge in [-0.1, -0.05) is 13.8 Å². The van der Waals surface area contributed by atoms with Crippen molar-refractivity contribution in [2.75, 3.05) is 6.26 Å². The van der Waals surface area contributed by atoms with E-state index in [4.69, 9.17) is 0 Å². The van der Waals surface area contributed by atoms with Gasteiger partial charge in [0.05, 0.1) is 6.26 Å². The molecule has 0 aromatic rings. The number of carbonyl (C=O) groups is 1. The Morgan fingerprint density at radius 3 is 2.18 bits per heavy atom. The maximum absolute atomic E-state index is 10.8. The molecule has 0 saturated carbocycles. The quantitative estimate of drug-likeness (QED) is 0.668. The maximum Gasteiger partial charge on any atom is 0.233 e. The van der Waals surface area contributed by atoms with Crippen LogP contribution < -0.4 is 4.72 Å². The molecule has 0 aliphatic heterocycles. The summed E-state index contributed by atoms with van der Waals surface area (Å²) < 4.78 is 22.9. The van der Waals surface area contributed by atoms with Crippen LogP contribution in [0.25, 0.3) is 0 Å². The molecule has 5 heteroatoms. The van der Waals surface area contributed by atoms with Crippen LogP contribution in [0.1, 0.15) is 20.3 Å². The predicted molar refractivity (Wildman–Crippen MR) is 42.4 cm³/mol. The molecule has 0 aliphatic carbocycles. The van der Waals surface area contributed by atoms with Crippen molar-refractivity contribution in [2.24, 2.45) is 5.92 Å². The van der Waals surface area contributed by atoms with Gasteiger partial charge >= 0.3 is 0 Å². The zero-order valence-electron chi connectivity index (χ0n) is 6.92. The fourth-order valence-corrected chi connectivity index (χ4v) is 1.12. The highest BCUT2D eigenvalue weighted by molar-refractivity contribution is 7.89. The Labute approximate surface area is 67.0 Å². The highest BCUT2D eigenvalue weighted by Crippen LogP contribution is 1.98. The summed E-state index contributed by atoms with van der Waals surface area (Å²) in [5.74, 6) is -0.265. The summed E-state index contributed by atoms with van der Waals surface area (Å²) in [6.45, 7) is 3.70. The molecule has 1 N–H and O–H groups in total. The molecule has 0 spiro atoms. The number of sulfonamides is 1. The van der Waals surface area contributed by atoms with Gasteiger partial charge in [0.2, 0.25) is 15.9 Å². The van der Waals surface area contributed by atoms with Gasteiger partial charge in [-0.25, -0.2) is 8.42 Å². The lowest BCUT2D eigenvalue weighted by Gasteiger charge is -2.03. The molecule has 0 radical (unpaired) electrons. The Hall–Kier alpha value is -0.580. The topological polar surface area (TPSA) is 63.2 Å². The van der Waals surface area contributed by atoms with Gasteiger partial charge in [0.25, 0.3) is 0 Å². The van der Waals surface area contributed by atoms with Gasteiger partial charge < -0.3 is 0 Å². The zero-order chi connectivity index (χ0) is 9.07. The number of hydrogen-bond donors (Lipinski definition) is 1. The van der Waals surface area contributed by atoms with E-state index in [9.17, 15) is 13.2 Å². The monoisotopic (exact) mass is 179 g/mol. The second kappa shape index (κ2) is 3.71. The first-order valence-corrected chi connectivity index (χ1v) is 5.21. The van der Waals surface area contributed by atoms with Crippen molar-refractivity contribution in [3.8, 4) is 0 Å². The maximum atomic E-state index is 10.8. The molecule has 11 heavy (non-hydrogen) atoms. The second-order valence-corrected chi connectivity index (χ2v) is 4.64. The van der Waals surface area contributed by atoms with Crippen molar-refractivity contribution in [2.45, 2.75) is 20.3 Å². The van der Waals surface area contributed by atoms with Crippen molar-refractivity contribution in [3.05, 3.63) is 0 Å². The van der Waals surface area contributed by atoms with E-state index in [-0.39, 0.29) is 12.3 Å². The van der Waals surface area contributed by atoms with Crippen molar-refractivity contribution in [3.63, 3.8) is 0 Å². The van der Waals surface area contributed by atoms with Crippen LogP contribution in [0.5, 0.6) is 0 Å². The summed E-state index contributed by atoms with van der Waals surface area (Å²) in [5.41, 5.74) is 0. The van der Waals surface area contributed by atoms with E-state index < -0.39 is 15.9 Å². The number of nitrogens with one attached hydrogen (secondary N) is 1. The average Bonchev–Trinajstić information content (AvgIpc) is 1.53. The van der Waals surface area contributed by atoms with Gasteiger partial charge in [-0.3, -0.25) is 9.52 Å². The molecule has 0 rings (SSSR count). The summed E-state index contributed by atoms with van der Waals surface area (Å²) >= 11 is 0. The van der Waals surface area contributed by atoms with Crippen LogP contribution in [0.4, 0.5) is 0 Å². The number of carbonyl (C=O) groups excluding carboxylic acids is 1. The van der Waals surface area contributed by atoms with Crippen LogP contribution in [-0.4, -0.2) is 20.6 Å². The molecule has 0 aliphatic rings. The minimum absolute atomic E-state index is 0.178. The molecule has 0 atom stereocenters. The fourth-order valence-electron chi connectivity index (χ4n) is 0.619. The van der Waals surface area contributed by atoms with E-state index in [0.717, 1.165) is 6.26 Å². The molecular weight excluding hydrogens is 166 g/mol. The molecule has 4 nitrogen and oxygen atoms in total. The SMILES string of the molecule is CC(C)CC(=O)NS(C)(=O)=O. The highest BCUT2D eigenvalue weighted by Gasteiger charge is 2.09. The summed E-state index contributed by atoms with van der Waals surface area (Å²) in [5, 5.41) is 0. The van der Waals surface area contributed by atoms with Crippen LogP contribution >= 0.6 is 0 Å². The van der Waals surface area contributed by atoms with Crippen LogP contribution in [0.15, 0.2) is 0 Å². The Kier molecular flexibility index (Phi) is 3.51. The Balaban J connectivity index is 3.91. The van der Waals surface area contributed by atoms with Gasteiger partial charge in [0.15, 0.2) is 0 Å². The second-order valence-electron chi connectivity index (χ2n) is 2.90. The molecule has 0 heterocycles. The standard InChI is InChI=1S/C6H13NO3S/c1-5(2)4-6(8)7-11(3,9)10/h5H,4H2,1-3H3,(H,7,8). The first-order chi connectivity index (χ1) is 4.81. The van der Waals surface area contributed by atoms with Crippen molar-refractivity contribution in [1.29, 1.82) is 0 Å². The lowest BCUT2D eigenvalue weighted by Crippen LogP contribution is -2.29. The van der Waals surface area contributed by atoms with Crippen molar-refractivity contribution < 1.29 is 13.2 Å². The molecule has 0 bridgehead atoms. The predicted octanol–water partition coefficient (Wildman–Crippen LogP) is 0.108. The van der Waals surface area contributed by atoms with Crippen LogP contribution in [0.3, 0.4) is 0 Å². The molecule has 0 unspecified atom stereocenters. The summed E-state index contributed by atoms with van der Waals surface area (Å²) in [6.07, 6.45) is 1.21. The Bertz CT molecular complexity index is 230. The fraction of sp³-hybridized carbons (Fsp3) is 0.833. The van der Waals surface area contributed by atoms with Crippen LogP contribution in [0.2, 0.25) is 0 Å². The Morgan fingerprint density at radius 1 is 1.45 bits per heavy atom. The molecule has 1 amide bonds. The van der Waals surface area contributed by atoms with E-state index in [1.54, 1.807) is 0 Å². The first-order valence-electron chi connectivity index (χ1n) is 3.32. The van der Waals surface area contributed by atoms with E-state index in [2.05, 4.69) is 0 Å². The Morgan fingerprint density at radius 2 is 1.91 bits per heavy atom. The third-order valence-corrected chi connectivity index (χ3v) is 1.49. The van der Waals surface area contributed by atoms with E-state index >= 15 is 0 Å². The lowest BCUT2D eigenvalue weighted by atomic mass is 10.1. The molecule has 0 fully saturated rings. The van der Waals surface area contributed by atoms with Gasteiger partial charge in [-0.2, -0.15) is 0 Å².